The van der Waals surface area contributed by atoms with Crippen LogP contribution < -0.4 is 19.5 Å². The number of nitrogens with zero attached hydrogens (tertiary/aromatic N) is 2. The molecular weight excluding hydrogens is 374 g/mol. The van der Waals surface area contributed by atoms with Crippen molar-refractivity contribution >= 4 is 17.4 Å². The molecule has 3 aromatic rings. The van der Waals surface area contributed by atoms with Crippen molar-refractivity contribution in [2.45, 2.75) is 0 Å². The molecule has 3 rings (SSSR count). The molecule has 150 valence electrons. The van der Waals surface area contributed by atoms with Crippen LogP contribution in [0.1, 0.15) is 26.5 Å². The fraction of sp³-hybridized carbons (Fsp3) is 0.190. The van der Waals surface area contributed by atoms with E-state index in [1.807, 2.05) is 0 Å². The van der Waals surface area contributed by atoms with Crippen molar-refractivity contribution < 1.29 is 23.8 Å². The summed E-state index contributed by atoms with van der Waals surface area (Å²) in [6, 6.07) is 9.72. The summed E-state index contributed by atoms with van der Waals surface area (Å²) in [7, 11) is 6.22. The Morgan fingerprint density at radius 1 is 0.931 bits per heavy atom. The molecule has 0 fully saturated rings. The summed E-state index contributed by atoms with van der Waals surface area (Å²) in [5, 5.41) is 2.79. The minimum absolute atomic E-state index is 0.197. The molecule has 1 heterocycles. The number of methoxy groups -OCH3 is 3. The van der Waals surface area contributed by atoms with Gasteiger partial charge in [0.2, 0.25) is 5.78 Å². The largest absolute Gasteiger partial charge is 0.496 e. The van der Waals surface area contributed by atoms with Gasteiger partial charge in [-0.3, -0.25) is 9.59 Å². The van der Waals surface area contributed by atoms with E-state index in [1.165, 1.54) is 21.3 Å². The van der Waals surface area contributed by atoms with Gasteiger partial charge in [0, 0.05) is 42.8 Å². The number of hydrogen-bond donors (Lipinski definition) is 1. The molecule has 1 aromatic heterocycles. The number of aryl methyl sites for hydroxylation is 1. The van der Waals surface area contributed by atoms with Gasteiger partial charge in [-0.25, -0.2) is 4.98 Å². The predicted molar refractivity (Wildman–Crippen MR) is 107 cm³/mol. The number of ketones is 1. The molecule has 0 saturated heterocycles. The fourth-order valence-corrected chi connectivity index (χ4v) is 2.82. The third-order valence-electron chi connectivity index (χ3n) is 4.38. The van der Waals surface area contributed by atoms with Crippen LogP contribution in [0.5, 0.6) is 17.2 Å². The highest BCUT2D eigenvalue weighted by Crippen LogP contribution is 2.35. The van der Waals surface area contributed by atoms with Gasteiger partial charge >= 0.3 is 0 Å². The molecule has 1 N–H and O–H groups in total. The van der Waals surface area contributed by atoms with Crippen LogP contribution >= 0.6 is 0 Å². The van der Waals surface area contributed by atoms with Crippen molar-refractivity contribution in [3.8, 4) is 17.2 Å². The number of carbonyl (C=O) groups excluding carboxylic acids is 2. The van der Waals surface area contributed by atoms with Crippen molar-refractivity contribution in [1.29, 1.82) is 0 Å². The molecule has 0 atom stereocenters. The lowest BCUT2D eigenvalue weighted by Crippen LogP contribution is -2.14. The van der Waals surface area contributed by atoms with E-state index in [4.69, 9.17) is 14.2 Å². The Bertz CT molecular complexity index is 1040. The molecule has 0 unspecified atom stereocenters. The zero-order valence-corrected chi connectivity index (χ0v) is 16.6. The molecule has 0 aliphatic heterocycles. The van der Waals surface area contributed by atoms with Crippen LogP contribution in [0.2, 0.25) is 0 Å². The molecule has 1 amide bonds. The number of imidazole rings is 1. The van der Waals surface area contributed by atoms with E-state index >= 15 is 0 Å². The van der Waals surface area contributed by atoms with Crippen molar-refractivity contribution in [1.82, 2.24) is 9.55 Å². The second-order valence-electron chi connectivity index (χ2n) is 6.13. The zero-order chi connectivity index (χ0) is 21.0. The highest BCUT2D eigenvalue weighted by molar-refractivity contribution is 6.08. The first kappa shape index (κ1) is 19.9. The molecule has 0 spiro atoms. The van der Waals surface area contributed by atoms with E-state index in [2.05, 4.69) is 10.3 Å². The van der Waals surface area contributed by atoms with Crippen molar-refractivity contribution in [3.05, 3.63) is 65.7 Å². The summed E-state index contributed by atoms with van der Waals surface area (Å²) in [6.45, 7) is 0. The van der Waals surface area contributed by atoms with Crippen LogP contribution in [-0.2, 0) is 7.05 Å². The van der Waals surface area contributed by atoms with Gasteiger partial charge in [0.25, 0.3) is 5.91 Å². The first-order valence-electron chi connectivity index (χ1n) is 8.72. The average molecular weight is 395 g/mol. The van der Waals surface area contributed by atoms with Gasteiger partial charge < -0.3 is 24.1 Å². The summed E-state index contributed by atoms with van der Waals surface area (Å²) in [4.78, 5) is 29.3. The molecule has 2 aromatic carbocycles. The Morgan fingerprint density at radius 3 is 2.10 bits per heavy atom. The molecule has 29 heavy (non-hydrogen) atoms. The van der Waals surface area contributed by atoms with E-state index < -0.39 is 0 Å². The maximum Gasteiger partial charge on any atom is 0.259 e. The third kappa shape index (κ3) is 4.06. The quantitative estimate of drug-likeness (QED) is 0.619. The maximum atomic E-state index is 12.7. The number of ether oxygens (including phenoxy) is 3. The summed E-state index contributed by atoms with van der Waals surface area (Å²) in [5.41, 5.74) is 1.29. The second kappa shape index (κ2) is 8.47. The topological polar surface area (TPSA) is 91.7 Å². The van der Waals surface area contributed by atoms with Crippen LogP contribution in [0.4, 0.5) is 5.69 Å². The van der Waals surface area contributed by atoms with E-state index in [0.29, 0.717) is 39.9 Å². The van der Waals surface area contributed by atoms with Crippen LogP contribution in [0.25, 0.3) is 0 Å². The van der Waals surface area contributed by atoms with Crippen LogP contribution in [0, 0.1) is 0 Å². The van der Waals surface area contributed by atoms with Gasteiger partial charge in [0.05, 0.1) is 26.9 Å². The van der Waals surface area contributed by atoms with E-state index in [1.54, 1.807) is 60.4 Å². The SMILES string of the molecule is COc1cc(OC)c(C(=O)Nc2ccc(C(=O)c3nccn3C)cc2)cc1OC. The van der Waals surface area contributed by atoms with Crippen LogP contribution in [-0.4, -0.2) is 42.6 Å². The van der Waals surface area contributed by atoms with E-state index in [9.17, 15) is 9.59 Å². The minimum Gasteiger partial charge on any atom is -0.496 e. The third-order valence-corrected chi connectivity index (χ3v) is 4.38. The smallest absolute Gasteiger partial charge is 0.259 e. The van der Waals surface area contributed by atoms with Gasteiger partial charge in [0.15, 0.2) is 17.3 Å². The first-order valence-corrected chi connectivity index (χ1v) is 8.72. The number of rotatable bonds is 7. The minimum atomic E-state index is -0.383. The summed E-state index contributed by atoms with van der Waals surface area (Å²) < 4.78 is 17.4. The van der Waals surface area contributed by atoms with Gasteiger partial charge in [-0.15, -0.1) is 0 Å². The summed E-state index contributed by atoms with van der Waals surface area (Å²) in [6.07, 6.45) is 3.27. The Morgan fingerprint density at radius 2 is 1.55 bits per heavy atom. The highest BCUT2D eigenvalue weighted by atomic mass is 16.5. The lowest BCUT2D eigenvalue weighted by Gasteiger charge is -2.14. The van der Waals surface area contributed by atoms with Gasteiger partial charge in [-0.1, -0.05) is 0 Å². The number of carbonyl (C=O) groups is 2. The number of benzene rings is 2. The molecule has 0 aliphatic carbocycles. The monoisotopic (exact) mass is 395 g/mol. The number of aromatic nitrogens is 2. The normalized spacial score (nSPS) is 10.3. The van der Waals surface area contributed by atoms with Crippen molar-refractivity contribution in [3.63, 3.8) is 0 Å². The van der Waals surface area contributed by atoms with Crippen LogP contribution in [0.15, 0.2) is 48.8 Å². The summed E-state index contributed by atoms with van der Waals surface area (Å²) in [5.74, 6) is 0.981. The molecule has 8 heteroatoms. The molecule has 8 nitrogen and oxygen atoms in total. The Labute approximate surface area is 168 Å². The van der Waals surface area contributed by atoms with Crippen molar-refractivity contribution in [2.24, 2.45) is 7.05 Å². The Hall–Kier alpha value is -3.81. The lowest BCUT2D eigenvalue weighted by atomic mass is 10.1. The molecule has 0 aliphatic rings. The Balaban J connectivity index is 1.81. The molecule has 0 saturated carbocycles. The second-order valence-corrected chi connectivity index (χ2v) is 6.13. The van der Waals surface area contributed by atoms with Crippen LogP contribution in [0.3, 0.4) is 0 Å². The van der Waals surface area contributed by atoms with Gasteiger partial charge in [-0.05, 0) is 24.3 Å². The lowest BCUT2D eigenvalue weighted by molar-refractivity contribution is 0.101. The molecular formula is C21H21N3O5. The van der Waals surface area contributed by atoms with Gasteiger partial charge in [-0.2, -0.15) is 0 Å². The number of anilines is 1. The number of amides is 1. The van der Waals surface area contributed by atoms with Gasteiger partial charge in [0.1, 0.15) is 5.75 Å². The predicted octanol–water partition coefficient (Wildman–Crippen LogP) is 2.93. The average Bonchev–Trinajstić information content (AvgIpc) is 3.18. The zero-order valence-electron chi connectivity index (χ0n) is 16.6. The Kier molecular flexibility index (Phi) is 5.82. The van der Waals surface area contributed by atoms with Crippen molar-refractivity contribution in [2.75, 3.05) is 26.6 Å². The highest BCUT2D eigenvalue weighted by Gasteiger charge is 2.18. The molecule has 0 radical (unpaired) electrons. The van der Waals surface area contributed by atoms with E-state index in [-0.39, 0.29) is 11.7 Å². The standard InChI is InChI=1S/C21H21N3O5/c1-24-10-9-22-20(24)19(25)13-5-7-14(8-6-13)23-21(26)15-11-17(28-3)18(29-4)12-16(15)27-2/h5-12H,1-4H3,(H,23,26). The summed E-state index contributed by atoms with van der Waals surface area (Å²) >= 11 is 0. The van der Waals surface area contributed by atoms with E-state index in [0.717, 1.165) is 0 Å². The fourth-order valence-electron chi connectivity index (χ4n) is 2.82. The maximum absolute atomic E-state index is 12.7. The number of nitrogens with one attached hydrogen (secondary N) is 1. The first-order chi connectivity index (χ1) is 14.0. The number of hydrogen-bond acceptors (Lipinski definition) is 6. The molecule has 0 bridgehead atoms.